The van der Waals surface area contributed by atoms with Gasteiger partial charge in [0.15, 0.2) is 0 Å². The second kappa shape index (κ2) is 9.76. The van der Waals surface area contributed by atoms with Crippen molar-refractivity contribution in [2.45, 2.75) is 45.7 Å². The molecule has 0 radical (unpaired) electrons. The fourth-order valence-corrected chi connectivity index (χ4v) is 2.36. The Morgan fingerprint density at radius 3 is 2.24 bits per heavy atom. The van der Waals surface area contributed by atoms with E-state index >= 15 is 0 Å². The minimum Gasteiger partial charge on any atom is -0.467 e. The van der Waals surface area contributed by atoms with E-state index in [-0.39, 0.29) is 24.1 Å². The van der Waals surface area contributed by atoms with Crippen molar-refractivity contribution in [2.24, 2.45) is 5.92 Å². The number of amides is 2. The van der Waals surface area contributed by atoms with Gasteiger partial charge in [-0.15, -0.1) is 0 Å². The van der Waals surface area contributed by atoms with E-state index in [0.29, 0.717) is 12.0 Å². The number of rotatable bonds is 8. The first-order valence-corrected chi connectivity index (χ1v) is 8.18. The summed E-state index contributed by atoms with van der Waals surface area (Å²) in [5.41, 5.74) is 0.688. The Labute approximate surface area is 147 Å². The third-order valence-corrected chi connectivity index (χ3v) is 4.01. The van der Waals surface area contributed by atoms with Crippen LogP contribution in [-0.2, 0) is 25.5 Å². The molecule has 0 aliphatic carbocycles. The topological polar surface area (TPSA) is 84.5 Å². The van der Waals surface area contributed by atoms with Crippen molar-refractivity contribution >= 4 is 17.8 Å². The lowest BCUT2D eigenvalue weighted by Gasteiger charge is -2.25. The summed E-state index contributed by atoms with van der Waals surface area (Å²) in [5, 5.41) is 5.22. The molecule has 0 fully saturated rings. The van der Waals surface area contributed by atoms with Gasteiger partial charge in [-0.3, -0.25) is 9.59 Å². The lowest BCUT2D eigenvalue weighted by atomic mass is 9.98. The summed E-state index contributed by atoms with van der Waals surface area (Å²) in [6.45, 7) is 5.03. The first kappa shape index (κ1) is 20.6. The van der Waals surface area contributed by atoms with Crippen LogP contribution in [0.1, 0.15) is 32.8 Å². The van der Waals surface area contributed by atoms with Gasteiger partial charge in [0.25, 0.3) is 0 Å². The number of hydrogen-bond acceptors (Lipinski definition) is 4. The Morgan fingerprint density at radius 2 is 1.76 bits per heavy atom. The Balaban J connectivity index is 2.92. The van der Waals surface area contributed by atoms with Crippen molar-refractivity contribution in [2.75, 3.05) is 7.11 Å². The van der Waals surface area contributed by atoms with Gasteiger partial charge in [-0.25, -0.2) is 9.18 Å². The quantitative estimate of drug-likeness (QED) is 0.696. The molecule has 0 spiro atoms. The minimum absolute atomic E-state index is 0.125. The van der Waals surface area contributed by atoms with Crippen molar-refractivity contribution in [1.82, 2.24) is 10.6 Å². The standard InChI is InChI=1S/C18H25FN2O4/c1-5-11(2)16(18(24)25-4)21-17(23)15(20-12(3)22)10-13-6-8-14(19)9-7-13/h6-9,11,15-16H,5,10H2,1-4H3,(H,20,22)(H,21,23)/t11-,15+,16-/m1/s1. The van der Waals surface area contributed by atoms with Gasteiger partial charge in [0.05, 0.1) is 7.11 Å². The molecule has 0 unspecified atom stereocenters. The molecule has 0 heterocycles. The molecule has 0 saturated carbocycles. The molecule has 2 amide bonds. The Hall–Kier alpha value is -2.44. The van der Waals surface area contributed by atoms with Gasteiger partial charge < -0.3 is 15.4 Å². The maximum absolute atomic E-state index is 13.0. The third kappa shape index (κ3) is 6.52. The first-order valence-electron chi connectivity index (χ1n) is 8.18. The fraction of sp³-hybridized carbons (Fsp3) is 0.500. The highest BCUT2D eigenvalue weighted by Crippen LogP contribution is 2.11. The van der Waals surface area contributed by atoms with Crippen molar-refractivity contribution < 1.29 is 23.5 Å². The van der Waals surface area contributed by atoms with Gasteiger partial charge in [-0.1, -0.05) is 32.4 Å². The Bertz CT molecular complexity index is 604. The molecule has 6 nitrogen and oxygen atoms in total. The lowest BCUT2D eigenvalue weighted by molar-refractivity contribution is -0.146. The maximum Gasteiger partial charge on any atom is 0.328 e. The second-order valence-corrected chi connectivity index (χ2v) is 5.98. The predicted octanol–water partition coefficient (Wildman–Crippen LogP) is 1.58. The molecule has 2 N–H and O–H groups in total. The van der Waals surface area contributed by atoms with E-state index in [4.69, 9.17) is 4.74 Å². The number of nitrogens with one attached hydrogen (secondary N) is 2. The summed E-state index contributed by atoms with van der Waals surface area (Å²) < 4.78 is 17.8. The maximum atomic E-state index is 13.0. The molecule has 0 saturated heterocycles. The van der Waals surface area contributed by atoms with E-state index in [1.54, 1.807) is 12.1 Å². The van der Waals surface area contributed by atoms with E-state index in [0.717, 1.165) is 0 Å². The van der Waals surface area contributed by atoms with Crippen LogP contribution < -0.4 is 10.6 Å². The summed E-state index contributed by atoms with van der Waals surface area (Å²) in [7, 11) is 1.26. The third-order valence-electron chi connectivity index (χ3n) is 4.01. The van der Waals surface area contributed by atoms with E-state index in [9.17, 15) is 18.8 Å². The highest BCUT2D eigenvalue weighted by Gasteiger charge is 2.30. The monoisotopic (exact) mass is 352 g/mol. The average molecular weight is 352 g/mol. The average Bonchev–Trinajstić information content (AvgIpc) is 2.59. The van der Waals surface area contributed by atoms with Crippen LogP contribution in [-0.4, -0.2) is 37.0 Å². The van der Waals surface area contributed by atoms with Gasteiger partial charge in [0, 0.05) is 13.3 Å². The van der Waals surface area contributed by atoms with Crippen molar-refractivity contribution in [3.8, 4) is 0 Å². The van der Waals surface area contributed by atoms with Crippen LogP contribution in [0.4, 0.5) is 4.39 Å². The Kier molecular flexibility index (Phi) is 8.04. The molecule has 138 valence electrons. The van der Waals surface area contributed by atoms with Gasteiger partial charge in [-0.2, -0.15) is 0 Å². The molecular formula is C18H25FN2O4. The number of hydrogen-bond donors (Lipinski definition) is 2. The van der Waals surface area contributed by atoms with Gasteiger partial charge in [0.1, 0.15) is 17.9 Å². The Morgan fingerprint density at radius 1 is 1.16 bits per heavy atom. The zero-order valence-corrected chi connectivity index (χ0v) is 15.0. The molecule has 7 heteroatoms. The van der Waals surface area contributed by atoms with Crippen LogP contribution in [0, 0.1) is 11.7 Å². The SMILES string of the molecule is CC[C@@H](C)[C@@H](NC(=O)[C@H](Cc1ccc(F)cc1)NC(C)=O)C(=O)OC. The number of methoxy groups -OCH3 is 1. The zero-order chi connectivity index (χ0) is 19.0. The molecule has 0 aromatic heterocycles. The fourth-order valence-electron chi connectivity index (χ4n) is 2.36. The van der Waals surface area contributed by atoms with Gasteiger partial charge in [0.2, 0.25) is 11.8 Å². The molecule has 1 aromatic rings. The number of carbonyl (C=O) groups is 3. The summed E-state index contributed by atoms with van der Waals surface area (Å²) in [6.07, 6.45) is 0.850. The van der Waals surface area contributed by atoms with Crippen LogP contribution in [0.3, 0.4) is 0 Å². The van der Waals surface area contributed by atoms with Crippen LogP contribution in [0.25, 0.3) is 0 Å². The second-order valence-electron chi connectivity index (χ2n) is 5.98. The van der Waals surface area contributed by atoms with Gasteiger partial charge in [-0.05, 0) is 23.6 Å². The highest BCUT2D eigenvalue weighted by molar-refractivity contribution is 5.90. The smallest absolute Gasteiger partial charge is 0.328 e. The van der Waals surface area contributed by atoms with Crippen molar-refractivity contribution in [3.05, 3.63) is 35.6 Å². The van der Waals surface area contributed by atoms with E-state index in [1.807, 2.05) is 13.8 Å². The number of esters is 1. The number of ether oxygens (including phenoxy) is 1. The first-order chi connectivity index (χ1) is 11.8. The van der Waals surface area contributed by atoms with Crippen LogP contribution in [0.2, 0.25) is 0 Å². The summed E-state index contributed by atoms with van der Waals surface area (Å²) in [5.74, 6) is -1.91. The molecule has 25 heavy (non-hydrogen) atoms. The molecule has 0 aliphatic heterocycles. The number of carbonyl (C=O) groups excluding carboxylic acids is 3. The van der Waals surface area contributed by atoms with Gasteiger partial charge >= 0.3 is 5.97 Å². The molecular weight excluding hydrogens is 327 g/mol. The highest BCUT2D eigenvalue weighted by atomic mass is 19.1. The van der Waals surface area contributed by atoms with E-state index in [1.165, 1.54) is 26.2 Å². The minimum atomic E-state index is -0.876. The van der Waals surface area contributed by atoms with E-state index < -0.39 is 24.0 Å². The largest absolute Gasteiger partial charge is 0.467 e. The molecule has 0 aliphatic rings. The van der Waals surface area contributed by atoms with Crippen molar-refractivity contribution in [1.29, 1.82) is 0 Å². The molecule has 0 bridgehead atoms. The summed E-state index contributed by atoms with van der Waals surface area (Å²) >= 11 is 0. The number of benzene rings is 1. The van der Waals surface area contributed by atoms with Crippen LogP contribution in [0.15, 0.2) is 24.3 Å². The summed E-state index contributed by atoms with van der Waals surface area (Å²) in [4.78, 5) is 35.9. The van der Waals surface area contributed by atoms with Crippen LogP contribution in [0.5, 0.6) is 0 Å². The van der Waals surface area contributed by atoms with Crippen molar-refractivity contribution in [3.63, 3.8) is 0 Å². The molecule has 3 atom stereocenters. The normalized spacial score (nSPS) is 14.1. The molecule has 1 rings (SSSR count). The summed E-state index contributed by atoms with van der Waals surface area (Å²) in [6, 6.07) is 3.99. The number of halogens is 1. The van der Waals surface area contributed by atoms with Crippen LogP contribution >= 0.6 is 0 Å². The lowest BCUT2D eigenvalue weighted by Crippen LogP contribution is -2.54. The molecule has 1 aromatic carbocycles. The zero-order valence-electron chi connectivity index (χ0n) is 15.0. The predicted molar refractivity (Wildman–Crippen MR) is 91.1 cm³/mol. The van der Waals surface area contributed by atoms with E-state index in [2.05, 4.69) is 10.6 Å².